The Morgan fingerprint density at radius 2 is 1.81 bits per heavy atom. The van der Waals surface area contributed by atoms with Crippen LogP contribution in [-0.2, 0) is 0 Å². The molecule has 16 heavy (non-hydrogen) atoms. The molecule has 0 nitrogen and oxygen atoms in total. The first-order valence-electron chi connectivity index (χ1n) is 6.88. The van der Waals surface area contributed by atoms with Gasteiger partial charge in [-0.05, 0) is 71.1 Å². The third kappa shape index (κ3) is 6.15. The second kappa shape index (κ2) is 6.93. The van der Waals surface area contributed by atoms with Gasteiger partial charge >= 0.3 is 0 Å². The minimum atomic E-state index is 0.960. The van der Waals surface area contributed by atoms with Crippen LogP contribution in [0.25, 0.3) is 0 Å². The highest BCUT2D eigenvalue weighted by atomic mass is 14.3. The standard InChI is InChI=1S/C16H28/c1-13(2)7-5-8-14(3)9-6-10-15(4)16-11-12-16/h7,9,15-16H,5-6,8,10-12H2,1-4H3/b14-9+. The molecule has 1 atom stereocenters. The van der Waals surface area contributed by atoms with Crippen LogP contribution >= 0.6 is 0 Å². The molecule has 0 radical (unpaired) electrons. The van der Waals surface area contributed by atoms with Crippen molar-refractivity contribution in [3.63, 3.8) is 0 Å². The molecule has 0 spiro atoms. The van der Waals surface area contributed by atoms with Gasteiger partial charge in [0.05, 0.1) is 0 Å². The summed E-state index contributed by atoms with van der Waals surface area (Å²) in [6, 6.07) is 0. The van der Waals surface area contributed by atoms with Crippen molar-refractivity contribution in [1.29, 1.82) is 0 Å². The van der Waals surface area contributed by atoms with Gasteiger partial charge in [-0.25, -0.2) is 0 Å². The van der Waals surface area contributed by atoms with Crippen LogP contribution < -0.4 is 0 Å². The Labute approximate surface area is 102 Å². The van der Waals surface area contributed by atoms with E-state index in [-0.39, 0.29) is 0 Å². The Kier molecular flexibility index (Phi) is 5.87. The van der Waals surface area contributed by atoms with Gasteiger partial charge in [0.15, 0.2) is 0 Å². The fraction of sp³-hybridized carbons (Fsp3) is 0.750. The fourth-order valence-electron chi connectivity index (χ4n) is 2.18. The van der Waals surface area contributed by atoms with Gasteiger partial charge in [0.25, 0.3) is 0 Å². The van der Waals surface area contributed by atoms with Crippen molar-refractivity contribution in [2.45, 2.75) is 66.2 Å². The minimum absolute atomic E-state index is 0.960. The third-order valence-electron chi connectivity index (χ3n) is 3.63. The highest BCUT2D eigenvalue weighted by molar-refractivity contribution is 5.02. The van der Waals surface area contributed by atoms with Crippen LogP contribution in [0.3, 0.4) is 0 Å². The van der Waals surface area contributed by atoms with Crippen LogP contribution in [0.15, 0.2) is 23.3 Å². The predicted molar refractivity (Wildman–Crippen MR) is 73.5 cm³/mol. The van der Waals surface area contributed by atoms with Crippen molar-refractivity contribution in [3.05, 3.63) is 23.3 Å². The lowest BCUT2D eigenvalue weighted by Crippen LogP contribution is -1.95. The largest absolute Gasteiger partial charge is 0.0856 e. The van der Waals surface area contributed by atoms with Gasteiger partial charge in [0.2, 0.25) is 0 Å². The average molecular weight is 220 g/mol. The van der Waals surface area contributed by atoms with E-state index in [1.54, 1.807) is 5.57 Å². The van der Waals surface area contributed by atoms with E-state index in [0.717, 1.165) is 11.8 Å². The van der Waals surface area contributed by atoms with Crippen LogP contribution in [-0.4, -0.2) is 0 Å². The molecule has 1 aliphatic rings. The van der Waals surface area contributed by atoms with Crippen molar-refractivity contribution in [2.75, 3.05) is 0 Å². The van der Waals surface area contributed by atoms with E-state index >= 15 is 0 Å². The molecule has 0 aliphatic heterocycles. The molecule has 1 unspecified atom stereocenters. The minimum Gasteiger partial charge on any atom is -0.0856 e. The molecular weight excluding hydrogens is 192 g/mol. The summed E-state index contributed by atoms with van der Waals surface area (Å²) in [5.74, 6) is 2.03. The van der Waals surface area contributed by atoms with Crippen LogP contribution in [0.2, 0.25) is 0 Å². The average Bonchev–Trinajstić information content (AvgIpc) is 2.99. The normalized spacial score (nSPS) is 18.4. The number of hydrogen-bond donors (Lipinski definition) is 0. The molecule has 0 bridgehead atoms. The first-order chi connectivity index (χ1) is 7.59. The molecule has 1 aliphatic carbocycles. The molecule has 0 heteroatoms. The van der Waals surface area contributed by atoms with Gasteiger partial charge in [-0.2, -0.15) is 0 Å². The predicted octanol–water partition coefficient (Wildman–Crippen LogP) is 5.51. The molecule has 0 saturated heterocycles. The Morgan fingerprint density at radius 3 is 2.38 bits per heavy atom. The molecule has 1 fully saturated rings. The van der Waals surface area contributed by atoms with E-state index in [9.17, 15) is 0 Å². The smallest absolute Gasteiger partial charge is 0.0288 e. The zero-order valence-electron chi connectivity index (χ0n) is 11.6. The summed E-state index contributed by atoms with van der Waals surface area (Å²) in [6.45, 7) is 9.05. The Hall–Kier alpha value is -0.520. The van der Waals surface area contributed by atoms with E-state index in [1.165, 1.54) is 44.1 Å². The Morgan fingerprint density at radius 1 is 1.12 bits per heavy atom. The SMILES string of the molecule is CC(C)=CCC/C(C)=C/CCC(C)C1CC1. The van der Waals surface area contributed by atoms with Crippen molar-refractivity contribution < 1.29 is 0 Å². The summed E-state index contributed by atoms with van der Waals surface area (Å²) in [5, 5.41) is 0. The summed E-state index contributed by atoms with van der Waals surface area (Å²) in [6.07, 6.45) is 12.9. The number of rotatable bonds is 7. The molecule has 0 aromatic heterocycles. The van der Waals surface area contributed by atoms with E-state index in [0.29, 0.717) is 0 Å². The lowest BCUT2D eigenvalue weighted by molar-refractivity contribution is 0.474. The van der Waals surface area contributed by atoms with Gasteiger partial charge in [0.1, 0.15) is 0 Å². The molecule has 0 aromatic carbocycles. The van der Waals surface area contributed by atoms with Crippen molar-refractivity contribution in [2.24, 2.45) is 11.8 Å². The first-order valence-corrected chi connectivity index (χ1v) is 6.88. The van der Waals surface area contributed by atoms with E-state index in [4.69, 9.17) is 0 Å². The summed E-state index contributed by atoms with van der Waals surface area (Å²) in [7, 11) is 0. The maximum atomic E-state index is 2.46. The second-order valence-corrected chi connectivity index (χ2v) is 5.76. The lowest BCUT2D eigenvalue weighted by Gasteiger charge is -2.07. The second-order valence-electron chi connectivity index (χ2n) is 5.76. The van der Waals surface area contributed by atoms with Gasteiger partial charge in [-0.3, -0.25) is 0 Å². The zero-order valence-corrected chi connectivity index (χ0v) is 11.6. The Balaban J connectivity index is 2.10. The zero-order chi connectivity index (χ0) is 12.0. The van der Waals surface area contributed by atoms with E-state index in [1.807, 2.05) is 0 Å². The van der Waals surface area contributed by atoms with Crippen LogP contribution in [0.1, 0.15) is 66.2 Å². The van der Waals surface area contributed by atoms with Gasteiger partial charge in [0, 0.05) is 0 Å². The highest BCUT2D eigenvalue weighted by Gasteiger charge is 2.26. The fourth-order valence-corrected chi connectivity index (χ4v) is 2.18. The number of allylic oxidation sites excluding steroid dienone is 4. The summed E-state index contributed by atoms with van der Waals surface area (Å²) in [4.78, 5) is 0. The maximum Gasteiger partial charge on any atom is -0.0288 e. The van der Waals surface area contributed by atoms with E-state index in [2.05, 4.69) is 39.8 Å². The molecule has 1 rings (SSSR count). The highest BCUT2D eigenvalue weighted by Crippen LogP contribution is 2.38. The van der Waals surface area contributed by atoms with Crippen LogP contribution in [0.4, 0.5) is 0 Å². The molecule has 0 N–H and O–H groups in total. The van der Waals surface area contributed by atoms with Crippen LogP contribution in [0.5, 0.6) is 0 Å². The van der Waals surface area contributed by atoms with Crippen molar-refractivity contribution in [1.82, 2.24) is 0 Å². The van der Waals surface area contributed by atoms with E-state index < -0.39 is 0 Å². The van der Waals surface area contributed by atoms with Crippen molar-refractivity contribution in [3.8, 4) is 0 Å². The summed E-state index contributed by atoms with van der Waals surface area (Å²) < 4.78 is 0. The maximum absolute atomic E-state index is 2.46. The van der Waals surface area contributed by atoms with Crippen LogP contribution in [0, 0.1) is 11.8 Å². The summed E-state index contributed by atoms with van der Waals surface area (Å²) in [5.41, 5.74) is 3.01. The van der Waals surface area contributed by atoms with Gasteiger partial charge < -0.3 is 0 Å². The molecular formula is C16H28. The molecule has 92 valence electrons. The molecule has 1 saturated carbocycles. The van der Waals surface area contributed by atoms with Crippen molar-refractivity contribution >= 4 is 0 Å². The topological polar surface area (TPSA) is 0 Å². The quantitative estimate of drug-likeness (QED) is 0.497. The monoisotopic (exact) mass is 220 g/mol. The first kappa shape index (κ1) is 13.5. The van der Waals surface area contributed by atoms with Gasteiger partial charge in [-0.1, -0.05) is 30.2 Å². The molecule has 0 heterocycles. The third-order valence-corrected chi connectivity index (χ3v) is 3.63. The molecule has 0 aromatic rings. The number of hydrogen-bond acceptors (Lipinski definition) is 0. The lowest BCUT2D eigenvalue weighted by atomic mass is 9.99. The Bertz CT molecular complexity index is 249. The summed E-state index contributed by atoms with van der Waals surface area (Å²) >= 11 is 0. The van der Waals surface area contributed by atoms with Gasteiger partial charge in [-0.15, -0.1) is 0 Å². The molecule has 0 amide bonds.